The minimum absolute atomic E-state index is 0.0346. The molecule has 0 saturated carbocycles. The maximum Gasteiger partial charge on any atom is 0.506 e. The number of fused-ring (bicyclic) bond motifs is 5. The fourth-order valence-electron chi connectivity index (χ4n) is 2.12. The Hall–Kier alpha value is -1.56. The summed E-state index contributed by atoms with van der Waals surface area (Å²) in [5, 5.41) is 19.5. The Morgan fingerprint density at radius 3 is 1.95 bits per heavy atom. The molecule has 7 nitrogen and oxygen atoms in total. The van der Waals surface area contributed by atoms with Gasteiger partial charge in [-0.05, 0) is 0 Å². The number of alkyl halides is 3. The number of hydrogen-bond donors (Lipinski definition) is 4. The highest BCUT2D eigenvalue weighted by atomic mass is 32.3. The predicted molar refractivity (Wildman–Crippen MR) is 59.0 cm³/mol. The summed E-state index contributed by atoms with van der Waals surface area (Å²) in [5.74, 6) is -1.75. The minimum Gasteiger partial charge on any atom is -0.492 e. The van der Waals surface area contributed by atoms with Crippen molar-refractivity contribution in [3.63, 3.8) is 0 Å². The van der Waals surface area contributed by atoms with E-state index in [1.807, 2.05) is 0 Å². The lowest BCUT2D eigenvalue weighted by Gasteiger charge is -2.28. The summed E-state index contributed by atoms with van der Waals surface area (Å²) < 4.78 is 64.0. The van der Waals surface area contributed by atoms with Gasteiger partial charge in [0.1, 0.15) is 12.2 Å². The molecule has 0 aromatic carbocycles. The smallest absolute Gasteiger partial charge is 0.492 e. The number of aromatic nitrogens is 1. The van der Waals surface area contributed by atoms with Gasteiger partial charge in [0.2, 0.25) is 11.8 Å². The number of rotatable bonds is 2. The first-order valence-electron chi connectivity index (χ1n) is 5.18. The zero-order valence-corrected chi connectivity index (χ0v) is 10.2. The molecular formula is C9H8F3NO6S. The maximum atomic E-state index is 12.3. The average Bonchev–Trinajstić information content (AvgIpc) is 2.97. The summed E-state index contributed by atoms with van der Waals surface area (Å²) in [6.07, 6.45) is 1.63. The molecule has 0 radical (unpaired) electrons. The summed E-state index contributed by atoms with van der Waals surface area (Å²) in [6.45, 7) is 0. The Kier molecular flexibility index (Phi) is 2.52. The van der Waals surface area contributed by atoms with E-state index in [9.17, 15) is 23.4 Å². The first-order chi connectivity index (χ1) is 9.13. The standard InChI is InChI=1S/C9H8F3NO6S/c10-9(11,12)20(16,17)19-13-7(14)5-3-1-2-4(18-3)6(5)8(13)15/h1-4,14-17H. The molecular weight excluding hydrogens is 307 g/mol. The monoisotopic (exact) mass is 315 g/mol. The van der Waals surface area contributed by atoms with E-state index in [1.54, 1.807) is 0 Å². The second kappa shape index (κ2) is 3.75. The molecule has 2 unspecified atom stereocenters. The molecule has 4 N–H and O–H groups in total. The van der Waals surface area contributed by atoms with Crippen LogP contribution in [0.1, 0.15) is 23.3 Å². The molecule has 0 spiro atoms. The third kappa shape index (κ3) is 1.60. The van der Waals surface area contributed by atoms with E-state index in [1.165, 1.54) is 12.2 Å². The van der Waals surface area contributed by atoms with Crippen molar-refractivity contribution >= 4 is 10.9 Å². The molecule has 0 aliphatic carbocycles. The van der Waals surface area contributed by atoms with Gasteiger partial charge in [0.25, 0.3) is 10.9 Å². The van der Waals surface area contributed by atoms with Crippen molar-refractivity contribution < 1.29 is 41.5 Å². The average molecular weight is 315 g/mol. The predicted octanol–water partition coefficient (Wildman–Crippen LogP) is 2.20. The summed E-state index contributed by atoms with van der Waals surface area (Å²) in [7, 11) is -5.52. The van der Waals surface area contributed by atoms with Gasteiger partial charge in [-0.2, -0.15) is 13.2 Å². The molecule has 11 heteroatoms. The number of aromatic hydroxyl groups is 2. The van der Waals surface area contributed by atoms with Crippen LogP contribution in [0, 0.1) is 0 Å². The van der Waals surface area contributed by atoms with Crippen molar-refractivity contribution in [2.45, 2.75) is 17.7 Å². The maximum absolute atomic E-state index is 12.3. The van der Waals surface area contributed by atoms with E-state index in [4.69, 9.17) is 13.8 Å². The highest BCUT2D eigenvalue weighted by molar-refractivity contribution is 8.21. The van der Waals surface area contributed by atoms with Crippen LogP contribution < -0.4 is 4.28 Å². The minimum atomic E-state index is -5.52. The molecule has 0 saturated heterocycles. The molecule has 2 aliphatic heterocycles. The van der Waals surface area contributed by atoms with Crippen LogP contribution in [0.4, 0.5) is 13.2 Å². The van der Waals surface area contributed by atoms with E-state index < -0.39 is 40.3 Å². The van der Waals surface area contributed by atoms with Crippen LogP contribution in [-0.2, 0) is 4.74 Å². The number of hydrogen-bond acceptors (Lipinski definition) is 6. The molecule has 2 atom stereocenters. The first kappa shape index (κ1) is 13.4. The fourth-order valence-corrected chi connectivity index (χ4v) is 2.55. The summed E-state index contributed by atoms with van der Waals surface area (Å²) in [6, 6.07) is 0. The van der Waals surface area contributed by atoms with Gasteiger partial charge >= 0.3 is 5.51 Å². The van der Waals surface area contributed by atoms with Gasteiger partial charge in [-0.15, -0.1) is 0 Å². The molecule has 3 heterocycles. The topological polar surface area (TPSA) is 104 Å². The van der Waals surface area contributed by atoms with E-state index >= 15 is 0 Å². The quantitative estimate of drug-likeness (QED) is 0.624. The van der Waals surface area contributed by atoms with Crippen LogP contribution in [0.2, 0.25) is 0 Å². The Morgan fingerprint density at radius 2 is 1.55 bits per heavy atom. The van der Waals surface area contributed by atoms with Crippen molar-refractivity contribution in [1.29, 1.82) is 0 Å². The van der Waals surface area contributed by atoms with E-state index in [2.05, 4.69) is 4.28 Å². The zero-order valence-electron chi connectivity index (χ0n) is 9.40. The highest BCUT2D eigenvalue weighted by Gasteiger charge is 2.54. The SMILES string of the molecule is Oc1c2c(c(O)n1OS(O)(O)C(F)(F)F)C1C=CC2O1. The fraction of sp³-hybridized carbons (Fsp3) is 0.333. The van der Waals surface area contributed by atoms with Gasteiger partial charge in [0, 0.05) is 0 Å². The molecule has 1 aromatic heterocycles. The third-order valence-electron chi connectivity index (χ3n) is 2.96. The van der Waals surface area contributed by atoms with Crippen LogP contribution in [0.3, 0.4) is 0 Å². The number of nitrogens with zero attached hydrogens (tertiary/aromatic N) is 1. The van der Waals surface area contributed by atoms with Gasteiger partial charge < -0.3 is 14.9 Å². The van der Waals surface area contributed by atoms with Gasteiger partial charge in [-0.25, -0.2) is 0 Å². The lowest BCUT2D eigenvalue weighted by molar-refractivity contribution is -0.0684. The lowest BCUT2D eigenvalue weighted by atomic mass is 10.0. The van der Waals surface area contributed by atoms with Gasteiger partial charge in [0.15, 0.2) is 0 Å². The van der Waals surface area contributed by atoms with Crippen molar-refractivity contribution in [3.05, 3.63) is 23.3 Å². The lowest BCUT2D eigenvalue weighted by Crippen LogP contribution is -2.28. The second-order valence-corrected chi connectivity index (χ2v) is 5.75. The van der Waals surface area contributed by atoms with E-state index in [0.717, 1.165) is 0 Å². The van der Waals surface area contributed by atoms with E-state index in [-0.39, 0.29) is 15.9 Å². The van der Waals surface area contributed by atoms with Gasteiger partial charge in [-0.3, -0.25) is 13.4 Å². The second-order valence-electron chi connectivity index (χ2n) is 4.15. The van der Waals surface area contributed by atoms with Crippen LogP contribution in [-0.4, -0.2) is 29.6 Å². The third-order valence-corrected chi connectivity index (χ3v) is 3.92. The Balaban J connectivity index is 2.02. The molecule has 2 bridgehead atoms. The normalized spacial score (nSPS) is 25.1. The van der Waals surface area contributed by atoms with Gasteiger partial charge in [-0.1, -0.05) is 16.9 Å². The number of halogens is 3. The zero-order chi connectivity index (χ0) is 14.9. The molecule has 0 fully saturated rings. The Bertz CT molecular complexity index is 574. The Labute approximate surface area is 111 Å². The highest BCUT2D eigenvalue weighted by Crippen LogP contribution is 2.58. The largest absolute Gasteiger partial charge is 0.506 e. The molecule has 3 rings (SSSR count). The Morgan fingerprint density at radius 1 is 1.10 bits per heavy atom. The molecule has 0 amide bonds. The van der Waals surface area contributed by atoms with Crippen molar-refractivity contribution in [1.82, 2.24) is 4.73 Å². The van der Waals surface area contributed by atoms with Crippen molar-refractivity contribution in [3.8, 4) is 11.8 Å². The van der Waals surface area contributed by atoms with Crippen LogP contribution >= 0.6 is 10.9 Å². The molecule has 1 aromatic rings. The van der Waals surface area contributed by atoms with Crippen molar-refractivity contribution in [2.24, 2.45) is 0 Å². The summed E-state index contributed by atoms with van der Waals surface area (Å²) in [5.41, 5.74) is -5.39. The van der Waals surface area contributed by atoms with Gasteiger partial charge in [0.05, 0.1) is 11.1 Å². The molecule has 20 heavy (non-hydrogen) atoms. The number of ether oxygens (including phenoxy) is 1. The van der Waals surface area contributed by atoms with Crippen LogP contribution in [0.5, 0.6) is 11.8 Å². The van der Waals surface area contributed by atoms with Crippen molar-refractivity contribution in [2.75, 3.05) is 0 Å². The van der Waals surface area contributed by atoms with Crippen LogP contribution in [0.15, 0.2) is 12.2 Å². The summed E-state index contributed by atoms with van der Waals surface area (Å²) >= 11 is 0. The molecule has 112 valence electrons. The first-order valence-corrected chi connectivity index (χ1v) is 6.65. The van der Waals surface area contributed by atoms with E-state index in [0.29, 0.717) is 0 Å². The molecule has 2 aliphatic rings. The van der Waals surface area contributed by atoms with Crippen LogP contribution in [0.25, 0.3) is 0 Å². The summed E-state index contributed by atoms with van der Waals surface area (Å²) in [4.78, 5) is 0.